The summed E-state index contributed by atoms with van der Waals surface area (Å²) in [5.74, 6) is -0.498. The standard InChI is InChI=1S/C33H32F5N3O4.C27H20ClFN4O2.C27H46O3.C24H26FNO5.CH4/c1-20(42)10-9-17-39-27(22-11-5-4-6-12-22)19-41-31(43)29(23-13-7-16-28(45-3)30(23)35)21(2)40(32(41)44)18-24-25(33(36,37)38)14-8-15-26(24)34;1-14-4-3-5-22(29)23(14)25-21-11-17(28)6-8-20(21)24-16(12-30-25)13-31-27(33-24)32-18-7-9-19(26(34)35)15(2)10-18;1-6-19-23-15-18(29)11-13-27(23,5)22-12-14-26(4)20(16(2)7-8-17(3)28)9-10-21(26)24(22)25(19)30;1-13(2)20(12-27)26-11-18(24(29)30)23(28)17-9-16(21(31-4)10-19(17)26)8-15-7-5-6-14(3)22(15)25;/h4-8,11-16,27,39H,9-10,17-19H2,1-3H3;3-11,13H,12H2,1-2H3,(H,34,35)(H,31,32,33);16,18-25,29-30H,6-15H2,1-5H3;5-7,9-11,13,20,27H,8,12H2,1-4H3,(H,29,30);1H4/t27-;;16-,18-,19-,20-,21+,22+,23?,24+,25-,26-,27-;20-;/m0.11./s1. The molecule has 13 atom stereocenters. The second-order valence-electron chi connectivity index (χ2n) is 39.2. The lowest BCUT2D eigenvalue weighted by atomic mass is 9.41. The lowest BCUT2D eigenvalue weighted by Gasteiger charge is -2.64. The van der Waals surface area contributed by atoms with Crippen LogP contribution in [0.5, 0.6) is 11.5 Å². The van der Waals surface area contributed by atoms with Gasteiger partial charge in [-0.1, -0.05) is 152 Å². The first kappa shape index (κ1) is 109. The monoisotopic (exact) mass is 1980 g/mol. The number of anilines is 2. The number of aromatic carboxylic acids is 2. The highest BCUT2D eigenvalue weighted by Gasteiger charge is 2.65. The molecule has 8 aromatic carbocycles. The molecule has 4 saturated carbocycles. The van der Waals surface area contributed by atoms with E-state index < -0.39 is 76.2 Å². The summed E-state index contributed by atoms with van der Waals surface area (Å²) in [6.07, 6.45) is 9.37. The lowest BCUT2D eigenvalue weighted by molar-refractivity contribution is -0.203. The summed E-state index contributed by atoms with van der Waals surface area (Å²) < 4.78 is 116. The number of hydrogen-bond donors (Lipinski definition) is 7. The third-order valence-electron chi connectivity index (χ3n) is 30.2. The lowest BCUT2D eigenvalue weighted by Crippen LogP contribution is -2.62. The van der Waals surface area contributed by atoms with Gasteiger partial charge in [0.15, 0.2) is 11.6 Å². The predicted octanol–water partition coefficient (Wildman–Crippen LogP) is 22.6. The average Bonchev–Trinajstić information content (AvgIpc) is 1.39. The molecule has 1 aliphatic heterocycles. The molecule has 4 aliphatic carbocycles. The SMILES string of the molecule is C.CC[C@@H]1C2C[C@H](O)CC[C@]2(C)[C@H]2CC[C@]3(C)[C@@H]([C@H](C)CCC(C)=O)CC[C@H]3[C@@H]2[C@@H]1O.COc1cc2c(cc1Cc1cccc(C)c1F)c(=O)c(C(=O)O)cn2[C@H](CO)C(C)C.COc1cccc(-c2c(C)n(Cc3c(F)cccc3C(F)(F)F)c(=O)n(C[C@H](NCCCC(C)=O)c3ccccc3)c2=O)c1F.Cc1cc(Nc2ncc3c(n2)-c2ccc(Cl)cc2C(c2c(C)cccc2F)=NC3)ccc1C(=O)O. The van der Waals surface area contributed by atoms with Gasteiger partial charge in [-0.2, -0.15) is 13.2 Å². The number of alkyl halides is 3. The molecule has 16 rings (SSSR count). The number of ketones is 2. The first-order valence-corrected chi connectivity index (χ1v) is 48.4. The van der Waals surface area contributed by atoms with E-state index in [4.69, 9.17) is 31.1 Å². The van der Waals surface area contributed by atoms with Crippen LogP contribution in [0.2, 0.25) is 5.02 Å². The Morgan fingerprint density at radius 1 is 0.676 bits per heavy atom. The van der Waals surface area contributed by atoms with E-state index in [1.165, 1.54) is 90.3 Å². The van der Waals surface area contributed by atoms with Crippen LogP contribution in [0, 0.1) is 109 Å². The maximum atomic E-state index is 15.6. The highest BCUT2D eigenvalue weighted by molar-refractivity contribution is 6.31. The molecule has 4 heterocycles. The van der Waals surface area contributed by atoms with Crippen molar-refractivity contribution in [2.75, 3.05) is 32.7 Å². The molecular weight excluding hydrogens is 1850 g/mol. The summed E-state index contributed by atoms with van der Waals surface area (Å²) in [6, 6.07) is 37.8. The molecule has 0 amide bonds. The fraction of sp³-hybridized carbons (Fsp3) is 0.429. The number of fused-ring (bicyclic) bond motifs is 9. The number of pyridine rings is 1. The van der Waals surface area contributed by atoms with E-state index in [0.717, 1.165) is 70.1 Å². The summed E-state index contributed by atoms with van der Waals surface area (Å²) in [5, 5.41) is 58.0. The van der Waals surface area contributed by atoms with Crippen LogP contribution >= 0.6 is 11.6 Å². The molecule has 7 N–H and O–H groups in total. The minimum Gasteiger partial charge on any atom is -0.496 e. The third-order valence-corrected chi connectivity index (χ3v) is 30.4. The van der Waals surface area contributed by atoms with Gasteiger partial charge >= 0.3 is 23.8 Å². The number of nitrogens with one attached hydrogen (secondary N) is 2. The number of nitrogens with zero attached hydrogens (tertiary/aromatic N) is 6. The van der Waals surface area contributed by atoms with Crippen LogP contribution in [-0.2, 0) is 41.8 Å². The number of hydrogen-bond acceptors (Lipinski definition) is 17. The predicted molar refractivity (Wildman–Crippen MR) is 538 cm³/mol. The molecule has 11 aromatic rings. The van der Waals surface area contributed by atoms with Gasteiger partial charge < -0.3 is 59.8 Å². The van der Waals surface area contributed by atoms with E-state index >= 15 is 4.39 Å². The maximum Gasteiger partial charge on any atom is 0.416 e. The Morgan fingerprint density at radius 2 is 1.35 bits per heavy atom. The van der Waals surface area contributed by atoms with Gasteiger partial charge in [0.1, 0.15) is 40.3 Å². The first-order chi connectivity index (χ1) is 67.0. The van der Waals surface area contributed by atoms with Crippen LogP contribution in [0.1, 0.15) is 240 Å². The van der Waals surface area contributed by atoms with Crippen molar-refractivity contribution in [1.29, 1.82) is 0 Å². The minimum absolute atomic E-state index is 0. The number of carbonyl (C=O) groups excluding carboxylic acids is 2. The van der Waals surface area contributed by atoms with Crippen LogP contribution < -0.4 is 36.8 Å². The third kappa shape index (κ3) is 23.0. The van der Waals surface area contributed by atoms with Gasteiger partial charge in [0.25, 0.3) is 5.56 Å². The van der Waals surface area contributed by atoms with Crippen molar-refractivity contribution in [2.45, 2.75) is 224 Å². The molecule has 0 bridgehead atoms. The van der Waals surface area contributed by atoms with E-state index in [1.807, 2.05) is 32.9 Å². The topological polar surface area (TPSA) is 316 Å². The van der Waals surface area contributed by atoms with Gasteiger partial charge in [0, 0.05) is 92.9 Å². The van der Waals surface area contributed by atoms with Crippen molar-refractivity contribution < 1.29 is 84.9 Å². The number of aliphatic imine (C=N–C) groups is 1. The number of aliphatic hydroxyl groups excluding tert-OH is 3. The van der Waals surface area contributed by atoms with E-state index in [2.05, 4.69) is 43.3 Å². The van der Waals surface area contributed by atoms with Crippen molar-refractivity contribution in [3.05, 3.63) is 301 Å². The van der Waals surface area contributed by atoms with Crippen molar-refractivity contribution in [3.8, 4) is 33.9 Å². The zero-order valence-corrected chi connectivity index (χ0v) is 82.6. The molecule has 142 heavy (non-hydrogen) atoms. The molecule has 0 spiro atoms. The summed E-state index contributed by atoms with van der Waals surface area (Å²) >= 11 is 6.34. The Hall–Kier alpha value is -12.3. The first-order valence-electron chi connectivity index (χ1n) is 48.0. The molecule has 0 radical (unpaired) electrons. The molecule has 3 aromatic heterocycles. The van der Waals surface area contributed by atoms with Crippen molar-refractivity contribution in [3.63, 3.8) is 0 Å². The summed E-state index contributed by atoms with van der Waals surface area (Å²) in [5.41, 5.74) is 3.72. The molecule has 30 heteroatoms. The number of rotatable bonds is 28. The van der Waals surface area contributed by atoms with Gasteiger partial charge in [-0.15, -0.1) is 0 Å². The largest absolute Gasteiger partial charge is 0.496 e. The van der Waals surface area contributed by atoms with Crippen LogP contribution in [0.4, 0.5) is 42.4 Å². The molecule has 756 valence electrons. The number of Topliss-reactive ketones (excluding diaryl/α,β-unsaturated/α-hetero) is 2. The highest BCUT2D eigenvalue weighted by Crippen LogP contribution is 2.70. The van der Waals surface area contributed by atoms with Crippen LogP contribution in [0.3, 0.4) is 0 Å². The number of ether oxygens (including phenoxy) is 2. The van der Waals surface area contributed by atoms with Crippen LogP contribution in [-0.4, -0.2) is 118 Å². The quantitative estimate of drug-likeness (QED) is 0.0177. The van der Waals surface area contributed by atoms with Crippen molar-refractivity contribution in [2.24, 2.45) is 63.2 Å². The summed E-state index contributed by atoms with van der Waals surface area (Å²) in [7, 11) is 2.71. The molecule has 5 aliphatic rings. The second-order valence-corrected chi connectivity index (χ2v) is 39.6. The second kappa shape index (κ2) is 46.0. The zero-order chi connectivity index (χ0) is 102. The highest BCUT2D eigenvalue weighted by atomic mass is 35.5. The van der Waals surface area contributed by atoms with E-state index in [0.29, 0.717) is 163 Å². The number of aromatic nitrogens is 5. The summed E-state index contributed by atoms with van der Waals surface area (Å²) in [6.45, 7) is 22.4. The van der Waals surface area contributed by atoms with Gasteiger partial charge in [0.2, 0.25) is 11.4 Å². The average molecular weight is 1980 g/mol. The molecule has 0 saturated heterocycles. The fourth-order valence-corrected chi connectivity index (χ4v) is 23.1. The number of carbonyl (C=O) groups is 4. The van der Waals surface area contributed by atoms with E-state index in [9.17, 15) is 85.4 Å². The Labute approximate surface area is 827 Å². The molecule has 1 unspecified atom stereocenters. The van der Waals surface area contributed by atoms with Gasteiger partial charge in [-0.25, -0.2) is 41.9 Å². The smallest absolute Gasteiger partial charge is 0.416 e. The Kier molecular flexibility index (Phi) is 35.1. The van der Waals surface area contributed by atoms with Crippen molar-refractivity contribution in [1.82, 2.24) is 29.0 Å². The normalized spacial score (nSPS) is 20.5. The number of aliphatic hydroxyl groups is 3. The van der Waals surface area contributed by atoms with E-state index in [-0.39, 0.29) is 114 Å². The number of carboxylic acid groups (broad SMARTS) is 2. The van der Waals surface area contributed by atoms with Crippen LogP contribution in [0.15, 0.2) is 183 Å². The summed E-state index contributed by atoms with van der Waals surface area (Å²) in [4.78, 5) is 101. The fourth-order valence-electron chi connectivity index (χ4n) is 22.9. The number of halogens is 8. The van der Waals surface area contributed by atoms with Gasteiger partial charge in [-0.05, 0) is 258 Å². The van der Waals surface area contributed by atoms with Gasteiger partial charge in [-0.3, -0.25) is 23.7 Å². The number of carboxylic acids is 2. The number of benzene rings is 8. The Morgan fingerprint density at radius 3 is 2.00 bits per heavy atom. The van der Waals surface area contributed by atoms with Crippen molar-refractivity contribution >= 4 is 63.4 Å². The van der Waals surface area contributed by atoms with Crippen LogP contribution in [0.25, 0.3) is 33.3 Å². The van der Waals surface area contributed by atoms with Gasteiger partial charge in [0.05, 0.1) is 98.4 Å². The molecular formula is C112H128ClF7N8O14. The minimum atomic E-state index is -4.94. The molecule has 22 nitrogen and oxygen atoms in total. The maximum absolute atomic E-state index is 15.6. The number of aryl methyl sites for hydroxylation is 3. The zero-order valence-electron chi connectivity index (χ0n) is 81.9. The Bertz CT molecular complexity index is 6700. The van der Waals surface area contributed by atoms with E-state index in [1.54, 1.807) is 123 Å². The Balaban J connectivity index is 0.000000171. The molecule has 4 fully saturated rings. The number of methoxy groups -OCH3 is 2.